The molecule has 23 heavy (non-hydrogen) atoms. The van der Waals surface area contributed by atoms with E-state index in [2.05, 4.69) is 17.6 Å². The van der Waals surface area contributed by atoms with Crippen molar-refractivity contribution in [2.45, 2.75) is 38.8 Å². The van der Waals surface area contributed by atoms with Gasteiger partial charge in [-0.2, -0.15) is 0 Å². The van der Waals surface area contributed by atoms with Crippen LogP contribution in [0.2, 0.25) is 0 Å². The van der Waals surface area contributed by atoms with Gasteiger partial charge in [0, 0.05) is 36.8 Å². The normalized spacial score (nSPS) is 20.3. The van der Waals surface area contributed by atoms with Gasteiger partial charge < -0.3 is 15.5 Å². The third-order valence-corrected chi connectivity index (χ3v) is 4.15. The molecule has 1 aromatic carbocycles. The van der Waals surface area contributed by atoms with Crippen LogP contribution in [-0.2, 0) is 0 Å². The summed E-state index contributed by atoms with van der Waals surface area (Å²) in [5.41, 5.74) is 1.09. The van der Waals surface area contributed by atoms with Crippen molar-refractivity contribution in [3.63, 3.8) is 0 Å². The number of amides is 2. The zero-order chi connectivity index (χ0) is 16.1. The molecule has 0 aromatic heterocycles. The fourth-order valence-corrected chi connectivity index (χ4v) is 2.69. The van der Waals surface area contributed by atoms with Crippen molar-refractivity contribution in [3.05, 3.63) is 35.4 Å². The summed E-state index contributed by atoms with van der Waals surface area (Å²) in [6.45, 7) is 5.61. The minimum absolute atomic E-state index is 0. The number of piperidine rings is 1. The van der Waals surface area contributed by atoms with E-state index in [1.54, 1.807) is 36.2 Å². The number of carbonyl (C=O) groups excluding carboxylic acids is 2. The maximum absolute atomic E-state index is 12.4. The molecule has 1 saturated heterocycles. The van der Waals surface area contributed by atoms with Crippen LogP contribution in [0.25, 0.3) is 0 Å². The molecule has 1 aliphatic heterocycles. The zero-order valence-electron chi connectivity index (χ0n) is 14.0. The Morgan fingerprint density at radius 3 is 2.70 bits per heavy atom. The van der Waals surface area contributed by atoms with E-state index in [1.165, 1.54) is 0 Å². The van der Waals surface area contributed by atoms with Crippen molar-refractivity contribution >= 4 is 24.2 Å². The number of nitrogens with one attached hydrogen (secondary N) is 2. The summed E-state index contributed by atoms with van der Waals surface area (Å²) in [5, 5.41) is 6.44. The minimum atomic E-state index is -0.104. The summed E-state index contributed by atoms with van der Waals surface area (Å²) in [6, 6.07) is 7.55. The second-order valence-corrected chi connectivity index (χ2v) is 5.95. The summed E-state index contributed by atoms with van der Waals surface area (Å²) in [4.78, 5) is 26.2. The molecule has 0 radical (unpaired) electrons. The predicted octanol–water partition coefficient (Wildman–Crippen LogP) is 2.07. The summed E-state index contributed by atoms with van der Waals surface area (Å²) < 4.78 is 0. The Kier molecular flexibility index (Phi) is 7.52. The molecule has 1 aromatic rings. The first kappa shape index (κ1) is 19.5. The first-order chi connectivity index (χ1) is 10.5. The second kappa shape index (κ2) is 8.89. The van der Waals surface area contributed by atoms with E-state index in [-0.39, 0.29) is 30.3 Å². The van der Waals surface area contributed by atoms with Crippen molar-refractivity contribution in [2.75, 3.05) is 20.1 Å². The lowest BCUT2D eigenvalue weighted by atomic mass is 10.00. The average Bonchev–Trinajstić information content (AvgIpc) is 2.53. The molecule has 0 saturated carbocycles. The Balaban J connectivity index is 0.00000264. The van der Waals surface area contributed by atoms with Gasteiger partial charge in [0.2, 0.25) is 0 Å². The molecule has 2 unspecified atom stereocenters. The molecule has 1 fully saturated rings. The van der Waals surface area contributed by atoms with Gasteiger partial charge in [-0.05, 0) is 51.4 Å². The molecule has 2 amide bonds. The van der Waals surface area contributed by atoms with Gasteiger partial charge in [-0.15, -0.1) is 12.4 Å². The van der Waals surface area contributed by atoms with Crippen molar-refractivity contribution in [2.24, 2.45) is 0 Å². The smallest absolute Gasteiger partial charge is 0.253 e. The maximum atomic E-state index is 12.4. The zero-order valence-corrected chi connectivity index (χ0v) is 14.8. The van der Waals surface area contributed by atoms with Crippen molar-refractivity contribution in [1.82, 2.24) is 15.5 Å². The van der Waals surface area contributed by atoms with E-state index in [4.69, 9.17) is 0 Å². The molecule has 5 nitrogen and oxygen atoms in total. The van der Waals surface area contributed by atoms with E-state index >= 15 is 0 Å². The molecule has 1 heterocycles. The number of benzene rings is 1. The Morgan fingerprint density at radius 1 is 1.35 bits per heavy atom. The molecule has 2 N–H and O–H groups in total. The van der Waals surface area contributed by atoms with Crippen molar-refractivity contribution in [3.8, 4) is 0 Å². The van der Waals surface area contributed by atoms with Crippen molar-refractivity contribution in [1.29, 1.82) is 0 Å². The number of rotatable bonds is 4. The molecule has 0 spiro atoms. The molecule has 0 aliphatic carbocycles. The molecule has 2 atom stereocenters. The Labute approximate surface area is 144 Å². The highest BCUT2D eigenvalue weighted by molar-refractivity contribution is 5.99. The first-order valence-electron chi connectivity index (χ1n) is 7.91. The van der Waals surface area contributed by atoms with Crippen LogP contribution in [0.5, 0.6) is 0 Å². The molecule has 1 aliphatic rings. The van der Waals surface area contributed by atoms with Gasteiger partial charge in [-0.3, -0.25) is 9.59 Å². The van der Waals surface area contributed by atoms with E-state index in [0.717, 1.165) is 19.4 Å². The largest absolute Gasteiger partial charge is 0.349 e. The third kappa shape index (κ3) is 5.22. The van der Waals surface area contributed by atoms with Crippen LogP contribution in [0.1, 0.15) is 47.4 Å². The van der Waals surface area contributed by atoms with E-state index in [1.807, 2.05) is 6.92 Å². The highest BCUT2D eigenvalue weighted by Crippen LogP contribution is 2.11. The van der Waals surface area contributed by atoms with E-state index in [9.17, 15) is 9.59 Å². The molecule has 6 heteroatoms. The second-order valence-electron chi connectivity index (χ2n) is 5.95. The average molecular weight is 340 g/mol. The summed E-state index contributed by atoms with van der Waals surface area (Å²) >= 11 is 0. The SMILES string of the molecule is CCN(C)C(=O)c1cccc(C(=O)NC2CCNC(C)C2)c1.Cl. The topological polar surface area (TPSA) is 61.4 Å². The third-order valence-electron chi connectivity index (χ3n) is 4.15. The highest BCUT2D eigenvalue weighted by atomic mass is 35.5. The van der Waals surface area contributed by atoms with Crippen LogP contribution >= 0.6 is 12.4 Å². The summed E-state index contributed by atoms with van der Waals surface area (Å²) in [7, 11) is 1.76. The molecule has 0 bridgehead atoms. The Hall–Kier alpha value is -1.59. The van der Waals surface area contributed by atoms with Crippen LogP contribution in [0, 0.1) is 0 Å². The van der Waals surface area contributed by atoms with Crippen LogP contribution in [0.15, 0.2) is 24.3 Å². The Bertz CT molecular complexity index is 550. The van der Waals surface area contributed by atoms with Crippen LogP contribution < -0.4 is 10.6 Å². The van der Waals surface area contributed by atoms with Crippen molar-refractivity contribution < 1.29 is 9.59 Å². The quantitative estimate of drug-likeness (QED) is 0.882. The lowest BCUT2D eigenvalue weighted by Gasteiger charge is -2.28. The first-order valence-corrected chi connectivity index (χ1v) is 7.91. The number of hydrogen-bond acceptors (Lipinski definition) is 3. The highest BCUT2D eigenvalue weighted by Gasteiger charge is 2.21. The van der Waals surface area contributed by atoms with Crippen LogP contribution in [0.4, 0.5) is 0 Å². The predicted molar refractivity (Wildman–Crippen MR) is 94.3 cm³/mol. The minimum Gasteiger partial charge on any atom is -0.349 e. The molecule has 2 rings (SSSR count). The number of halogens is 1. The standard InChI is InChI=1S/C17H25N3O2.ClH/c1-4-20(3)17(22)14-7-5-6-13(11-14)16(21)19-15-8-9-18-12(2)10-15;/h5-7,11-12,15,18H,4,8-10H2,1-3H3,(H,19,21);1H. The van der Waals surface area contributed by atoms with E-state index < -0.39 is 0 Å². The van der Waals surface area contributed by atoms with Gasteiger partial charge in [0.25, 0.3) is 11.8 Å². The van der Waals surface area contributed by atoms with Gasteiger partial charge in [0.15, 0.2) is 0 Å². The van der Waals surface area contributed by atoms with Gasteiger partial charge >= 0.3 is 0 Å². The fourth-order valence-electron chi connectivity index (χ4n) is 2.69. The lowest BCUT2D eigenvalue weighted by molar-refractivity contribution is 0.0802. The lowest BCUT2D eigenvalue weighted by Crippen LogP contribution is -2.46. The number of hydrogen-bond donors (Lipinski definition) is 2. The molecule has 128 valence electrons. The Morgan fingerprint density at radius 2 is 2.04 bits per heavy atom. The van der Waals surface area contributed by atoms with E-state index in [0.29, 0.717) is 23.7 Å². The molecular formula is C17H26ClN3O2. The van der Waals surface area contributed by atoms with Gasteiger partial charge in [0.1, 0.15) is 0 Å². The summed E-state index contributed by atoms with van der Waals surface area (Å²) in [5.74, 6) is -0.166. The molecular weight excluding hydrogens is 314 g/mol. The van der Waals surface area contributed by atoms with Crippen LogP contribution in [-0.4, -0.2) is 48.9 Å². The van der Waals surface area contributed by atoms with Gasteiger partial charge in [0.05, 0.1) is 0 Å². The number of carbonyl (C=O) groups is 2. The fraction of sp³-hybridized carbons (Fsp3) is 0.529. The van der Waals surface area contributed by atoms with Gasteiger partial charge in [-0.25, -0.2) is 0 Å². The number of nitrogens with zero attached hydrogens (tertiary/aromatic N) is 1. The van der Waals surface area contributed by atoms with Crippen LogP contribution in [0.3, 0.4) is 0 Å². The monoisotopic (exact) mass is 339 g/mol. The van der Waals surface area contributed by atoms with Gasteiger partial charge in [-0.1, -0.05) is 6.07 Å². The maximum Gasteiger partial charge on any atom is 0.253 e. The summed E-state index contributed by atoms with van der Waals surface area (Å²) in [6.07, 6.45) is 1.87.